The zero-order chi connectivity index (χ0) is 16.7. The summed E-state index contributed by atoms with van der Waals surface area (Å²) >= 11 is 6.16. The minimum atomic E-state index is -0.522. The highest BCUT2D eigenvalue weighted by Gasteiger charge is 2.09. The van der Waals surface area contributed by atoms with E-state index >= 15 is 0 Å². The molecule has 0 aliphatic rings. The average molecular weight is 338 g/mol. The molecule has 0 aliphatic carbocycles. The second-order valence-electron chi connectivity index (χ2n) is 5.96. The molecule has 0 spiro atoms. The van der Waals surface area contributed by atoms with Crippen molar-refractivity contribution in [2.75, 3.05) is 19.8 Å². The number of ether oxygens (including phenoxy) is 1. The number of halogens is 1. The Hall–Kier alpha value is -1.33. The molecule has 0 fully saturated rings. The van der Waals surface area contributed by atoms with Gasteiger partial charge in [-0.3, -0.25) is 0 Å². The van der Waals surface area contributed by atoms with Gasteiger partial charge in [-0.25, -0.2) is 0 Å². The maximum Gasteiger partial charge on any atom is 0.135 e. The molecule has 126 valence electrons. The first-order chi connectivity index (χ1) is 11.1. The van der Waals surface area contributed by atoms with Crippen LogP contribution >= 0.6 is 11.6 Å². The van der Waals surface area contributed by atoms with Crippen LogP contribution in [0.5, 0.6) is 0 Å². The van der Waals surface area contributed by atoms with Crippen molar-refractivity contribution in [2.45, 2.75) is 26.5 Å². The van der Waals surface area contributed by atoms with Crippen molar-refractivity contribution < 1.29 is 14.3 Å². The third kappa shape index (κ3) is 5.99. The molecule has 23 heavy (non-hydrogen) atoms. The lowest BCUT2D eigenvalue weighted by molar-refractivity contribution is 0.0259. The summed E-state index contributed by atoms with van der Waals surface area (Å²) < 4.78 is 11.2. The van der Waals surface area contributed by atoms with E-state index in [1.807, 2.05) is 36.4 Å². The van der Waals surface area contributed by atoms with Crippen molar-refractivity contribution in [1.82, 2.24) is 5.32 Å². The van der Waals surface area contributed by atoms with Gasteiger partial charge in [-0.2, -0.15) is 0 Å². The summed E-state index contributed by atoms with van der Waals surface area (Å²) in [4.78, 5) is 0. The van der Waals surface area contributed by atoms with Gasteiger partial charge < -0.3 is 19.6 Å². The van der Waals surface area contributed by atoms with Gasteiger partial charge in [-0.05, 0) is 30.2 Å². The number of nitrogens with one attached hydrogen (secondary N) is 1. The van der Waals surface area contributed by atoms with E-state index < -0.39 is 6.10 Å². The van der Waals surface area contributed by atoms with E-state index in [0.29, 0.717) is 37.2 Å². The molecule has 5 heteroatoms. The zero-order valence-electron chi connectivity index (χ0n) is 13.6. The molecule has 4 nitrogen and oxygen atoms in total. The SMILES string of the molecule is CC(C)COCC(O)CNCc1ccc(-c2ccccc2Cl)o1. The molecular weight excluding hydrogens is 314 g/mol. The van der Waals surface area contributed by atoms with Crippen molar-refractivity contribution in [3.8, 4) is 11.3 Å². The van der Waals surface area contributed by atoms with E-state index in [1.165, 1.54) is 0 Å². The van der Waals surface area contributed by atoms with Crippen LogP contribution in [0.25, 0.3) is 11.3 Å². The van der Waals surface area contributed by atoms with Gasteiger partial charge >= 0.3 is 0 Å². The Morgan fingerprint density at radius 3 is 2.70 bits per heavy atom. The van der Waals surface area contributed by atoms with Gasteiger partial charge in [0.15, 0.2) is 0 Å². The molecule has 1 unspecified atom stereocenters. The van der Waals surface area contributed by atoms with E-state index in [2.05, 4.69) is 19.2 Å². The van der Waals surface area contributed by atoms with Crippen LogP contribution in [0.3, 0.4) is 0 Å². The third-order valence-electron chi connectivity index (χ3n) is 3.24. The Morgan fingerprint density at radius 2 is 1.96 bits per heavy atom. The van der Waals surface area contributed by atoms with Crippen LogP contribution in [0.15, 0.2) is 40.8 Å². The number of furan rings is 1. The smallest absolute Gasteiger partial charge is 0.135 e. The minimum Gasteiger partial charge on any atom is -0.460 e. The molecule has 0 aliphatic heterocycles. The maximum absolute atomic E-state index is 9.82. The first-order valence-corrected chi connectivity index (χ1v) is 8.24. The van der Waals surface area contributed by atoms with Gasteiger partial charge in [-0.1, -0.05) is 37.6 Å². The molecule has 2 N–H and O–H groups in total. The molecule has 1 heterocycles. The molecule has 0 saturated heterocycles. The summed E-state index contributed by atoms with van der Waals surface area (Å²) in [6.45, 7) is 6.17. The molecule has 0 amide bonds. The molecule has 0 saturated carbocycles. The number of aliphatic hydroxyl groups is 1. The summed E-state index contributed by atoms with van der Waals surface area (Å²) in [5, 5.41) is 13.7. The Kier molecular flexibility index (Phi) is 7.12. The van der Waals surface area contributed by atoms with Crippen LogP contribution in [0, 0.1) is 5.92 Å². The monoisotopic (exact) mass is 337 g/mol. The van der Waals surface area contributed by atoms with Gasteiger partial charge in [-0.15, -0.1) is 0 Å². The lowest BCUT2D eigenvalue weighted by Crippen LogP contribution is -2.30. The number of hydrogen-bond donors (Lipinski definition) is 2. The lowest BCUT2D eigenvalue weighted by atomic mass is 10.2. The van der Waals surface area contributed by atoms with Crippen molar-refractivity contribution in [3.63, 3.8) is 0 Å². The van der Waals surface area contributed by atoms with Crippen molar-refractivity contribution in [2.24, 2.45) is 5.92 Å². The number of rotatable bonds is 9. The zero-order valence-corrected chi connectivity index (χ0v) is 14.3. The Labute approximate surface area is 142 Å². The second-order valence-corrected chi connectivity index (χ2v) is 6.37. The van der Waals surface area contributed by atoms with Gasteiger partial charge in [0.2, 0.25) is 0 Å². The summed E-state index contributed by atoms with van der Waals surface area (Å²) in [5.41, 5.74) is 0.877. The quantitative estimate of drug-likeness (QED) is 0.732. The van der Waals surface area contributed by atoms with Crippen LogP contribution in [0.2, 0.25) is 5.02 Å². The van der Waals surface area contributed by atoms with Gasteiger partial charge in [0, 0.05) is 18.7 Å². The van der Waals surface area contributed by atoms with Crippen LogP contribution in [0.1, 0.15) is 19.6 Å². The summed E-state index contributed by atoms with van der Waals surface area (Å²) in [5.74, 6) is 2.02. The first kappa shape index (κ1) is 18.0. The lowest BCUT2D eigenvalue weighted by Gasteiger charge is -2.13. The molecule has 0 radical (unpaired) electrons. The molecule has 1 atom stereocenters. The molecular formula is C18H24ClNO3. The van der Waals surface area contributed by atoms with Gasteiger partial charge in [0.25, 0.3) is 0 Å². The number of hydrogen-bond acceptors (Lipinski definition) is 4. The Bertz CT molecular complexity index is 597. The van der Waals surface area contributed by atoms with E-state index in [-0.39, 0.29) is 0 Å². The topological polar surface area (TPSA) is 54.6 Å². The van der Waals surface area contributed by atoms with E-state index in [1.54, 1.807) is 0 Å². The summed E-state index contributed by atoms with van der Waals surface area (Å²) in [6.07, 6.45) is -0.522. The molecule has 0 bridgehead atoms. The average Bonchev–Trinajstić information content (AvgIpc) is 2.96. The maximum atomic E-state index is 9.82. The number of benzene rings is 1. The highest BCUT2D eigenvalue weighted by Crippen LogP contribution is 2.28. The highest BCUT2D eigenvalue weighted by molar-refractivity contribution is 6.33. The normalized spacial score (nSPS) is 12.7. The van der Waals surface area contributed by atoms with Crippen LogP contribution in [-0.2, 0) is 11.3 Å². The molecule has 2 rings (SSSR count). The Morgan fingerprint density at radius 1 is 1.17 bits per heavy atom. The van der Waals surface area contributed by atoms with Crippen LogP contribution in [0.4, 0.5) is 0 Å². The number of aliphatic hydroxyl groups excluding tert-OH is 1. The third-order valence-corrected chi connectivity index (χ3v) is 3.57. The van der Waals surface area contributed by atoms with Gasteiger partial charge in [0.05, 0.1) is 24.3 Å². The fourth-order valence-electron chi connectivity index (χ4n) is 2.14. The van der Waals surface area contributed by atoms with Crippen molar-refractivity contribution in [1.29, 1.82) is 0 Å². The molecule has 1 aromatic carbocycles. The first-order valence-electron chi connectivity index (χ1n) is 7.86. The van der Waals surface area contributed by atoms with Crippen molar-refractivity contribution >= 4 is 11.6 Å². The fourth-order valence-corrected chi connectivity index (χ4v) is 2.37. The van der Waals surface area contributed by atoms with Crippen molar-refractivity contribution in [3.05, 3.63) is 47.2 Å². The van der Waals surface area contributed by atoms with E-state index in [0.717, 1.165) is 17.1 Å². The summed E-state index contributed by atoms with van der Waals surface area (Å²) in [7, 11) is 0. The Balaban J connectivity index is 1.76. The standard InChI is InChI=1S/C18H24ClNO3/c1-13(2)11-22-12-14(21)9-20-10-15-7-8-18(23-15)16-5-3-4-6-17(16)19/h3-8,13-14,20-21H,9-12H2,1-2H3. The van der Waals surface area contributed by atoms with E-state index in [4.69, 9.17) is 20.8 Å². The van der Waals surface area contributed by atoms with Crippen LogP contribution in [-0.4, -0.2) is 31.0 Å². The molecule has 1 aromatic heterocycles. The summed E-state index contributed by atoms with van der Waals surface area (Å²) in [6, 6.07) is 11.4. The predicted molar refractivity (Wildman–Crippen MR) is 92.5 cm³/mol. The van der Waals surface area contributed by atoms with Gasteiger partial charge in [0.1, 0.15) is 11.5 Å². The van der Waals surface area contributed by atoms with Crippen LogP contribution < -0.4 is 5.32 Å². The van der Waals surface area contributed by atoms with E-state index in [9.17, 15) is 5.11 Å². The molecule has 2 aromatic rings. The second kappa shape index (κ2) is 9.08. The largest absolute Gasteiger partial charge is 0.460 e. The fraction of sp³-hybridized carbons (Fsp3) is 0.444. The minimum absolute atomic E-state index is 0.341. The highest BCUT2D eigenvalue weighted by atomic mass is 35.5. The predicted octanol–water partition coefficient (Wildman–Crippen LogP) is 3.72.